The van der Waals surface area contributed by atoms with Crippen LogP contribution in [-0.2, 0) is 0 Å². The molecule has 19 heavy (non-hydrogen) atoms. The number of halogens is 2. The molecule has 1 aromatic carbocycles. The maximum atomic E-state index is 13.7. The van der Waals surface area contributed by atoms with E-state index < -0.39 is 11.6 Å². The molecule has 96 valence electrons. The molecule has 0 bridgehead atoms. The average Bonchev–Trinajstić information content (AvgIpc) is 2.84. The number of fused-ring (bicyclic) bond motifs is 1. The van der Waals surface area contributed by atoms with Crippen molar-refractivity contribution in [1.29, 1.82) is 0 Å². The second-order valence-electron chi connectivity index (χ2n) is 3.91. The quantitative estimate of drug-likeness (QED) is 0.769. The summed E-state index contributed by atoms with van der Waals surface area (Å²) in [5, 5.41) is 3.26. The lowest BCUT2D eigenvalue weighted by molar-refractivity contribution is 0.558. The number of benzene rings is 1. The third kappa shape index (κ3) is 1.91. The second kappa shape index (κ2) is 4.31. The Balaban J connectivity index is 2.21. The largest absolute Gasteiger partial charge is 0.451 e. The zero-order valence-electron chi connectivity index (χ0n) is 9.95. The maximum absolute atomic E-state index is 13.7. The standard InChI is InChI=1S/C13H9F2N3O/c1-16-13-17-6-9(15)11(18-13)10-5-7-3-2-4-8(14)12(7)19-10/h2-6H,1H3,(H,16,17,18). The van der Waals surface area contributed by atoms with Crippen LogP contribution in [0.1, 0.15) is 0 Å². The number of anilines is 1. The lowest BCUT2D eigenvalue weighted by Crippen LogP contribution is -1.99. The van der Waals surface area contributed by atoms with Gasteiger partial charge in [0.25, 0.3) is 0 Å². The lowest BCUT2D eigenvalue weighted by Gasteiger charge is -2.01. The van der Waals surface area contributed by atoms with Crippen molar-refractivity contribution in [1.82, 2.24) is 9.97 Å². The third-order valence-corrected chi connectivity index (χ3v) is 2.70. The summed E-state index contributed by atoms with van der Waals surface area (Å²) in [5.41, 5.74) is 0.0801. The number of nitrogens with one attached hydrogen (secondary N) is 1. The van der Waals surface area contributed by atoms with E-state index in [0.29, 0.717) is 5.39 Å². The number of hydrogen-bond acceptors (Lipinski definition) is 4. The molecule has 0 atom stereocenters. The van der Waals surface area contributed by atoms with Gasteiger partial charge in [-0.05, 0) is 12.1 Å². The first-order chi connectivity index (χ1) is 9.19. The van der Waals surface area contributed by atoms with Gasteiger partial charge in [-0.1, -0.05) is 12.1 Å². The zero-order chi connectivity index (χ0) is 13.4. The minimum Gasteiger partial charge on any atom is -0.451 e. The Morgan fingerprint density at radius 3 is 2.79 bits per heavy atom. The first kappa shape index (κ1) is 11.6. The van der Waals surface area contributed by atoms with Gasteiger partial charge in [0.05, 0.1) is 6.20 Å². The van der Waals surface area contributed by atoms with Gasteiger partial charge >= 0.3 is 0 Å². The second-order valence-corrected chi connectivity index (χ2v) is 3.91. The van der Waals surface area contributed by atoms with Crippen molar-refractivity contribution in [3.05, 3.63) is 42.1 Å². The van der Waals surface area contributed by atoms with Crippen molar-refractivity contribution in [3.63, 3.8) is 0 Å². The predicted octanol–water partition coefficient (Wildman–Crippen LogP) is 3.21. The minimum absolute atomic E-state index is 0.00468. The Bertz CT molecular complexity index is 755. The molecule has 0 unspecified atom stereocenters. The highest BCUT2D eigenvalue weighted by Gasteiger charge is 2.15. The van der Waals surface area contributed by atoms with Crippen LogP contribution in [0.4, 0.5) is 14.7 Å². The van der Waals surface area contributed by atoms with E-state index >= 15 is 0 Å². The first-order valence-electron chi connectivity index (χ1n) is 5.58. The molecule has 0 fully saturated rings. The molecular weight excluding hydrogens is 252 g/mol. The van der Waals surface area contributed by atoms with Crippen LogP contribution in [0.25, 0.3) is 22.4 Å². The van der Waals surface area contributed by atoms with Gasteiger partial charge in [0.2, 0.25) is 5.95 Å². The molecule has 0 amide bonds. The Morgan fingerprint density at radius 1 is 1.21 bits per heavy atom. The fraction of sp³-hybridized carbons (Fsp3) is 0.0769. The van der Waals surface area contributed by atoms with Crippen LogP contribution in [0.5, 0.6) is 0 Å². The van der Waals surface area contributed by atoms with E-state index in [9.17, 15) is 8.78 Å². The molecule has 0 aliphatic carbocycles. The number of furan rings is 1. The van der Waals surface area contributed by atoms with E-state index in [-0.39, 0.29) is 23.0 Å². The summed E-state index contributed by atoms with van der Waals surface area (Å²) in [6.07, 6.45) is 1.04. The summed E-state index contributed by atoms with van der Waals surface area (Å²) < 4.78 is 32.6. The highest BCUT2D eigenvalue weighted by atomic mass is 19.1. The molecule has 0 radical (unpaired) electrons. The fourth-order valence-corrected chi connectivity index (χ4v) is 1.80. The summed E-state index contributed by atoms with van der Waals surface area (Å²) >= 11 is 0. The van der Waals surface area contributed by atoms with Crippen molar-refractivity contribution < 1.29 is 13.2 Å². The van der Waals surface area contributed by atoms with Gasteiger partial charge in [-0.25, -0.2) is 18.7 Å². The minimum atomic E-state index is -0.626. The topological polar surface area (TPSA) is 51.0 Å². The molecular formula is C13H9F2N3O. The number of rotatable bonds is 2. The first-order valence-corrected chi connectivity index (χ1v) is 5.58. The van der Waals surface area contributed by atoms with Gasteiger partial charge in [0.1, 0.15) is 5.69 Å². The summed E-state index contributed by atoms with van der Waals surface area (Å²) in [5.74, 6) is -0.695. The molecule has 0 saturated carbocycles. The maximum Gasteiger partial charge on any atom is 0.223 e. The van der Waals surface area contributed by atoms with Gasteiger partial charge in [0.15, 0.2) is 23.0 Å². The summed E-state index contributed by atoms with van der Waals surface area (Å²) in [7, 11) is 1.62. The fourth-order valence-electron chi connectivity index (χ4n) is 1.80. The van der Waals surface area contributed by atoms with Crippen molar-refractivity contribution >= 4 is 16.9 Å². The van der Waals surface area contributed by atoms with Gasteiger partial charge in [-0.2, -0.15) is 0 Å². The van der Waals surface area contributed by atoms with Gasteiger partial charge < -0.3 is 9.73 Å². The van der Waals surface area contributed by atoms with E-state index in [4.69, 9.17) is 4.42 Å². The van der Waals surface area contributed by atoms with Crippen LogP contribution in [-0.4, -0.2) is 17.0 Å². The number of hydrogen-bond donors (Lipinski definition) is 1. The number of para-hydroxylation sites is 1. The average molecular weight is 261 g/mol. The Hall–Kier alpha value is -2.50. The van der Waals surface area contributed by atoms with E-state index in [2.05, 4.69) is 15.3 Å². The highest BCUT2D eigenvalue weighted by molar-refractivity contribution is 5.82. The van der Waals surface area contributed by atoms with Gasteiger partial charge in [-0.3, -0.25) is 0 Å². The summed E-state index contributed by atoms with van der Waals surface area (Å²) in [6.45, 7) is 0. The van der Waals surface area contributed by atoms with Gasteiger partial charge in [0, 0.05) is 12.4 Å². The molecule has 4 nitrogen and oxygen atoms in total. The monoisotopic (exact) mass is 261 g/mol. The van der Waals surface area contributed by atoms with Crippen molar-refractivity contribution in [2.45, 2.75) is 0 Å². The lowest BCUT2D eigenvalue weighted by atomic mass is 10.2. The molecule has 0 saturated heterocycles. The van der Waals surface area contributed by atoms with E-state index in [0.717, 1.165) is 6.20 Å². The smallest absolute Gasteiger partial charge is 0.223 e. The summed E-state index contributed by atoms with van der Waals surface area (Å²) in [6, 6.07) is 6.07. The van der Waals surface area contributed by atoms with E-state index in [1.54, 1.807) is 25.2 Å². The highest BCUT2D eigenvalue weighted by Crippen LogP contribution is 2.29. The molecule has 1 N–H and O–H groups in total. The third-order valence-electron chi connectivity index (χ3n) is 2.70. The van der Waals surface area contributed by atoms with Crippen molar-refractivity contribution in [2.24, 2.45) is 0 Å². The van der Waals surface area contributed by atoms with Crippen molar-refractivity contribution in [2.75, 3.05) is 12.4 Å². The van der Waals surface area contributed by atoms with E-state index in [1.807, 2.05) is 0 Å². The molecule has 6 heteroatoms. The van der Waals surface area contributed by atoms with Crippen LogP contribution < -0.4 is 5.32 Å². The molecule has 0 aliphatic rings. The molecule has 3 rings (SSSR count). The number of aromatic nitrogens is 2. The van der Waals surface area contributed by atoms with E-state index in [1.165, 1.54) is 6.07 Å². The molecule has 0 spiro atoms. The van der Waals surface area contributed by atoms with Gasteiger partial charge in [-0.15, -0.1) is 0 Å². The molecule has 0 aliphatic heterocycles. The predicted molar refractivity (Wildman–Crippen MR) is 66.7 cm³/mol. The van der Waals surface area contributed by atoms with Crippen LogP contribution in [0.2, 0.25) is 0 Å². The Labute approximate surface area is 107 Å². The van der Waals surface area contributed by atoms with Crippen LogP contribution >= 0.6 is 0 Å². The molecule has 2 heterocycles. The van der Waals surface area contributed by atoms with Crippen molar-refractivity contribution in [3.8, 4) is 11.5 Å². The zero-order valence-corrected chi connectivity index (χ0v) is 9.95. The van der Waals surface area contributed by atoms with Crippen LogP contribution in [0.15, 0.2) is 34.9 Å². The Kier molecular flexibility index (Phi) is 2.63. The molecule has 3 aromatic rings. The number of nitrogens with zero attached hydrogens (tertiary/aromatic N) is 2. The normalized spacial score (nSPS) is 10.9. The van der Waals surface area contributed by atoms with Crippen LogP contribution in [0, 0.1) is 11.6 Å². The SMILES string of the molecule is CNc1ncc(F)c(-c2cc3cccc(F)c3o2)n1. The van der Waals surface area contributed by atoms with Crippen LogP contribution in [0.3, 0.4) is 0 Å². The Morgan fingerprint density at radius 2 is 2.05 bits per heavy atom. The molecule has 2 aromatic heterocycles. The summed E-state index contributed by atoms with van der Waals surface area (Å²) in [4.78, 5) is 7.71.